The van der Waals surface area contributed by atoms with E-state index in [-0.39, 0.29) is 12.6 Å². The van der Waals surface area contributed by atoms with Gasteiger partial charge in [-0.05, 0) is 40.8 Å². The third-order valence-electron chi connectivity index (χ3n) is 4.98. The van der Waals surface area contributed by atoms with Gasteiger partial charge in [-0.1, -0.05) is 42.5 Å². The Morgan fingerprint density at radius 3 is 2.67 bits per heavy atom. The van der Waals surface area contributed by atoms with E-state index in [1.807, 2.05) is 53.6 Å². The zero-order valence-corrected chi connectivity index (χ0v) is 16.7. The Morgan fingerprint density at radius 2 is 1.90 bits per heavy atom. The molecular weight excluding hydrogens is 409 g/mol. The minimum atomic E-state index is -4.35. The number of alkyl halides is 3. The molecule has 0 radical (unpaired) electrons. The number of carbonyl (C=O) groups is 1. The molecule has 1 unspecified atom stereocenters. The molecule has 0 spiro atoms. The van der Waals surface area contributed by atoms with Crippen LogP contribution >= 0.6 is 11.3 Å². The van der Waals surface area contributed by atoms with Crippen LogP contribution in [0.3, 0.4) is 0 Å². The van der Waals surface area contributed by atoms with E-state index in [0.29, 0.717) is 12.0 Å². The van der Waals surface area contributed by atoms with Crippen LogP contribution in [0.1, 0.15) is 27.6 Å². The van der Waals surface area contributed by atoms with Crippen molar-refractivity contribution >= 4 is 27.3 Å². The molecule has 1 aliphatic rings. The topological polar surface area (TPSA) is 46.3 Å². The van der Waals surface area contributed by atoms with E-state index in [9.17, 15) is 18.0 Å². The first-order valence-electron chi connectivity index (χ1n) is 9.38. The second-order valence-electron chi connectivity index (χ2n) is 7.16. The number of nitrogens with zero attached hydrogens (tertiary/aromatic N) is 1. The van der Waals surface area contributed by atoms with Crippen molar-refractivity contribution in [3.63, 3.8) is 0 Å². The molecule has 0 aliphatic carbocycles. The Bertz CT molecular complexity index is 1150. The van der Waals surface area contributed by atoms with Crippen LogP contribution in [0.5, 0.6) is 0 Å². The monoisotopic (exact) mass is 428 g/mol. The molecule has 1 aliphatic heterocycles. The number of hydrogen-bond donors (Lipinski definition) is 1. The summed E-state index contributed by atoms with van der Waals surface area (Å²) >= 11 is 1.57. The summed E-state index contributed by atoms with van der Waals surface area (Å²) in [5.41, 5.74) is 6.40. The van der Waals surface area contributed by atoms with E-state index in [1.165, 1.54) is 12.1 Å². The average Bonchev–Trinajstić information content (AvgIpc) is 3.10. The molecule has 1 amide bonds. The predicted molar refractivity (Wildman–Crippen MR) is 113 cm³/mol. The number of thiophene rings is 1. The lowest BCUT2D eigenvalue weighted by Gasteiger charge is -2.30. The van der Waals surface area contributed by atoms with Crippen molar-refractivity contribution in [1.29, 1.82) is 0 Å². The number of nitrogens with two attached hydrogens (primary N) is 1. The number of primary amides is 1. The summed E-state index contributed by atoms with van der Waals surface area (Å²) in [6.45, 7) is 0.100. The molecule has 0 saturated carbocycles. The van der Waals surface area contributed by atoms with Crippen LogP contribution in [0, 0.1) is 0 Å². The minimum Gasteiger partial charge on any atom is -0.368 e. The number of rotatable bonds is 5. The second kappa shape index (κ2) is 7.99. The highest BCUT2D eigenvalue weighted by Crippen LogP contribution is 2.36. The lowest BCUT2D eigenvalue weighted by atomic mass is 9.99. The van der Waals surface area contributed by atoms with Crippen molar-refractivity contribution in [3.8, 4) is 0 Å². The fraction of sp³-hybridized carbons (Fsp3) is 0.174. The molecule has 2 aromatic carbocycles. The molecule has 0 fully saturated rings. The van der Waals surface area contributed by atoms with Crippen molar-refractivity contribution in [2.24, 2.45) is 5.73 Å². The van der Waals surface area contributed by atoms with Crippen molar-refractivity contribution in [3.05, 3.63) is 94.5 Å². The van der Waals surface area contributed by atoms with Gasteiger partial charge in [-0.25, -0.2) is 0 Å². The Hall–Kier alpha value is -3.06. The summed E-state index contributed by atoms with van der Waals surface area (Å²) in [4.78, 5) is 14.3. The third kappa shape index (κ3) is 4.26. The number of fused-ring (bicyclic) bond motifs is 1. The summed E-state index contributed by atoms with van der Waals surface area (Å²) in [5, 5.41) is 1.03. The smallest absolute Gasteiger partial charge is 0.368 e. The quantitative estimate of drug-likeness (QED) is 0.590. The van der Waals surface area contributed by atoms with Crippen LogP contribution in [0.25, 0.3) is 10.1 Å². The fourth-order valence-electron chi connectivity index (χ4n) is 3.69. The van der Waals surface area contributed by atoms with Crippen molar-refractivity contribution in [2.45, 2.75) is 18.6 Å². The van der Waals surface area contributed by atoms with E-state index in [0.717, 1.165) is 26.6 Å². The predicted octanol–water partition coefficient (Wildman–Crippen LogP) is 5.42. The second-order valence-corrected chi connectivity index (χ2v) is 8.32. The van der Waals surface area contributed by atoms with E-state index in [4.69, 9.17) is 5.73 Å². The van der Waals surface area contributed by atoms with E-state index >= 15 is 0 Å². The number of allylic oxidation sites excluding steroid dienone is 2. The summed E-state index contributed by atoms with van der Waals surface area (Å²) < 4.78 is 40.1. The highest BCUT2D eigenvalue weighted by molar-refractivity contribution is 7.19. The highest BCUT2D eigenvalue weighted by atomic mass is 32.1. The van der Waals surface area contributed by atoms with Gasteiger partial charge in [0.25, 0.3) is 0 Å². The average molecular weight is 428 g/mol. The third-order valence-corrected chi connectivity index (χ3v) is 6.08. The Labute approximate surface area is 175 Å². The maximum Gasteiger partial charge on any atom is 0.416 e. The minimum absolute atomic E-state index is 0.100. The normalized spacial score (nSPS) is 16.4. The largest absolute Gasteiger partial charge is 0.416 e. The van der Waals surface area contributed by atoms with Crippen LogP contribution in [-0.4, -0.2) is 17.4 Å². The molecular formula is C23H19F3N2OS. The zero-order chi connectivity index (χ0) is 21.3. The number of carbonyl (C=O) groups excluding carboxylic acids is 1. The van der Waals surface area contributed by atoms with Crippen LogP contribution in [0.2, 0.25) is 0 Å². The molecule has 0 saturated heterocycles. The molecule has 3 aromatic rings. The van der Waals surface area contributed by atoms with Gasteiger partial charge in [-0.15, -0.1) is 11.3 Å². The van der Waals surface area contributed by atoms with Gasteiger partial charge in [0.1, 0.15) is 0 Å². The first kappa shape index (κ1) is 20.2. The Morgan fingerprint density at radius 1 is 1.10 bits per heavy atom. The van der Waals surface area contributed by atoms with Crippen molar-refractivity contribution < 1.29 is 18.0 Å². The number of halogens is 3. The number of amides is 1. The first-order valence-corrected chi connectivity index (χ1v) is 10.2. The van der Waals surface area contributed by atoms with Crippen LogP contribution in [-0.2, 0) is 17.4 Å². The van der Waals surface area contributed by atoms with Gasteiger partial charge < -0.3 is 10.6 Å². The summed E-state index contributed by atoms with van der Waals surface area (Å²) in [5.74, 6) is -0.414. The lowest BCUT2D eigenvalue weighted by molar-refractivity contribution is -0.137. The lowest BCUT2D eigenvalue weighted by Crippen LogP contribution is -2.33. The summed E-state index contributed by atoms with van der Waals surface area (Å²) in [6, 6.07) is 13.3. The molecule has 2 heterocycles. The number of hydrogen-bond acceptors (Lipinski definition) is 3. The maximum absolute atomic E-state index is 13.0. The molecule has 0 bridgehead atoms. The molecule has 154 valence electrons. The van der Waals surface area contributed by atoms with Crippen molar-refractivity contribution in [1.82, 2.24) is 4.90 Å². The van der Waals surface area contributed by atoms with Crippen LogP contribution in [0.4, 0.5) is 13.2 Å². The molecule has 2 N–H and O–H groups in total. The van der Waals surface area contributed by atoms with Gasteiger partial charge >= 0.3 is 6.18 Å². The molecule has 3 nitrogen and oxygen atoms in total. The SMILES string of the molecule is NC(=O)CN1C=CC=CC1c1cccc2sc(Cc3cccc(C(F)(F)F)c3)cc12. The molecule has 7 heteroatoms. The van der Waals surface area contributed by atoms with Gasteiger partial charge in [0.2, 0.25) is 5.91 Å². The molecule has 1 atom stereocenters. The van der Waals surface area contributed by atoms with E-state index < -0.39 is 17.6 Å². The summed E-state index contributed by atoms with van der Waals surface area (Å²) in [6.07, 6.45) is 3.69. The maximum atomic E-state index is 13.0. The molecule has 30 heavy (non-hydrogen) atoms. The molecule has 1 aromatic heterocycles. The van der Waals surface area contributed by atoms with Gasteiger partial charge in [0.05, 0.1) is 18.2 Å². The Balaban J connectivity index is 1.67. The van der Waals surface area contributed by atoms with Gasteiger partial charge in [0, 0.05) is 22.2 Å². The number of benzene rings is 2. The van der Waals surface area contributed by atoms with Crippen LogP contribution < -0.4 is 5.73 Å². The zero-order valence-electron chi connectivity index (χ0n) is 15.9. The first-order chi connectivity index (χ1) is 14.3. The van der Waals surface area contributed by atoms with E-state index in [1.54, 1.807) is 17.4 Å². The van der Waals surface area contributed by atoms with Gasteiger partial charge in [-0.3, -0.25) is 4.79 Å². The highest BCUT2D eigenvalue weighted by Gasteiger charge is 2.30. The summed E-state index contributed by atoms with van der Waals surface area (Å²) in [7, 11) is 0. The standard InChI is InChI=1S/C23H19F3N2OS/c24-23(25,26)16-6-3-5-15(11-16)12-17-13-19-18(7-4-9-21(19)30-17)20-8-1-2-10-28(20)14-22(27)29/h1-11,13,20H,12,14H2,(H2,27,29). The van der Waals surface area contributed by atoms with Gasteiger partial charge in [-0.2, -0.15) is 13.2 Å². The van der Waals surface area contributed by atoms with Crippen molar-refractivity contribution in [2.75, 3.05) is 6.54 Å². The van der Waals surface area contributed by atoms with E-state index in [2.05, 4.69) is 0 Å². The molecule has 4 rings (SSSR count). The van der Waals surface area contributed by atoms with Crippen LogP contribution in [0.15, 0.2) is 73.0 Å². The Kier molecular flexibility index (Phi) is 5.39. The van der Waals surface area contributed by atoms with Gasteiger partial charge in [0.15, 0.2) is 0 Å². The fourth-order valence-corrected chi connectivity index (χ4v) is 4.82.